The highest BCUT2D eigenvalue weighted by Crippen LogP contribution is 2.25. The average molecular weight is 271 g/mol. The van der Waals surface area contributed by atoms with Crippen LogP contribution in [-0.4, -0.2) is 12.9 Å². The molecule has 0 aromatic heterocycles. The Labute approximate surface area is 98.8 Å². The van der Waals surface area contributed by atoms with Crippen molar-refractivity contribution in [3.05, 3.63) is 29.3 Å². The SMILES string of the molecule is CCOc1ccc(C(C)C=O)cc1CBr. The fourth-order valence-corrected chi connectivity index (χ4v) is 1.80. The van der Waals surface area contributed by atoms with Gasteiger partial charge >= 0.3 is 0 Å². The zero-order chi connectivity index (χ0) is 11.3. The largest absolute Gasteiger partial charge is 0.494 e. The van der Waals surface area contributed by atoms with Crippen LogP contribution in [0.2, 0.25) is 0 Å². The lowest BCUT2D eigenvalue weighted by molar-refractivity contribution is -0.108. The van der Waals surface area contributed by atoms with Crippen LogP contribution in [0.5, 0.6) is 5.75 Å². The van der Waals surface area contributed by atoms with Gasteiger partial charge in [0.1, 0.15) is 12.0 Å². The summed E-state index contributed by atoms with van der Waals surface area (Å²) in [6.45, 7) is 4.50. The Morgan fingerprint density at radius 2 is 2.27 bits per heavy atom. The molecule has 1 aromatic rings. The zero-order valence-corrected chi connectivity index (χ0v) is 10.6. The summed E-state index contributed by atoms with van der Waals surface area (Å²) in [5.74, 6) is 0.828. The zero-order valence-electron chi connectivity index (χ0n) is 9.00. The molecule has 2 nitrogen and oxygen atoms in total. The van der Waals surface area contributed by atoms with E-state index in [9.17, 15) is 4.79 Å². The predicted molar refractivity (Wildman–Crippen MR) is 64.7 cm³/mol. The monoisotopic (exact) mass is 270 g/mol. The van der Waals surface area contributed by atoms with Gasteiger partial charge in [-0.2, -0.15) is 0 Å². The molecule has 0 saturated heterocycles. The molecule has 0 radical (unpaired) electrons. The lowest BCUT2D eigenvalue weighted by Gasteiger charge is -2.11. The molecular weight excluding hydrogens is 256 g/mol. The maximum atomic E-state index is 10.7. The maximum Gasteiger partial charge on any atom is 0.127 e. The lowest BCUT2D eigenvalue weighted by Crippen LogP contribution is -1.99. The van der Waals surface area contributed by atoms with Gasteiger partial charge in [-0.25, -0.2) is 0 Å². The average Bonchev–Trinajstić information content (AvgIpc) is 2.29. The number of hydrogen-bond donors (Lipinski definition) is 0. The van der Waals surface area contributed by atoms with Crippen molar-refractivity contribution in [2.24, 2.45) is 0 Å². The molecule has 0 N–H and O–H groups in total. The van der Waals surface area contributed by atoms with Crippen molar-refractivity contribution in [1.29, 1.82) is 0 Å². The summed E-state index contributed by atoms with van der Waals surface area (Å²) in [4.78, 5) is 10.7. The highest BCUT2D eigenvalue weighted by Gasteiger charge is 2.08. The summed E-state index contributed by atoms with van der Waals surface area (Å²) in [7, 11) is 0. The van der Waals surface area contributed by atoms with Crippen molar-refractivity contribution in [2.45, 2.75) is 25.1 Å². The van der Waals surface area contributed by atoms with Crippen LogP contribution in [0, 0.1) is 0 Å². The van der Waals surface area contributed by atoms with E-state index >= 15 is 0 Å². The second-order valence-electron chi connectivity index (χ2n) is 3.36. The molecule has 15 heavy (non-hydrogen) atoms. The molecule has 1 atom stereocenters. The van der Waals surface area contributed by atoms with Gasteiger partial charge < -0.3 is 9.53 Å². The summed E-state index contributed by atoms with van der Waals surface area (Å²) >= 11 is 3.42. The summed E-state index contributed by atoms with van der Waals surface area (Å²) < 4.78 is 5.48. The van der Waals surface area contributed by atoms with Crippen LogP contribution in [0.15, 0.2) is 18.2 Å². The summed E-state index contributed by atoms with van der Waals surface area (Å²) in [5.41, 5.74) is 2.12. The molecule has 0 aliphatic heterocycles. The highest BCUT2D eigenvalue weighted by atomic mass is 79.9. The Bertz CT molecular complexity index is 336. The van der Waals surface area contributed by atoms with E-state index in [2.05, 4.69) is 15.9 Å². The van der Waals surface area contributed by atoms with Crippen LogP contribution >= 0.6 is 15.9 Å². The number of benzene rings is 1. The summed E-state index contributed by atoms with van der Waals surface area (Å²) in [6.07, 6.45) is 0.952. The van der Waals surface area contributed by atoms with E-state index in [0.29, 0.717) is 6.61 Å². The minimum Gasteiger partial charge on any atom is -0.494 e. The molecule has 0 fully saturated rings. The van der Waals surface area contributed by atoms with Crippen molar-refractivity contribution in [3.8, 4) is 5.75 Å². The Hall–Kier alpha value is -0.830. The molecule has 1 aromatic carbocycles. The van der Waals surface area contributed by atoms with E-state index < -0.39 is 0 Å². The third-order valence-corrected chi connectivity index (χ3v) is 2.86. The normalized spacial score (nSPS) is 12.2. The molecule has 3 heteroatoms. The van der Waals surface area contributed by atoms with Crippen LogP contribution in [0.3, 0.4) is 0 Å². The molecule has 0 spiro atoms. The standard InChI is InChI=1S/C12H15BrO2/c1-3-15-12-5-4-10(9(2)8-14)6-11(12)7-13/h4-6,8-9H,3,7H2,1-2H3. The Kier molecular flexibility index (Phi) is 4.82. The van der Waals surface area contributed by atoms with Gasteiger partial charge in [-0.15, -0.1) is 0 Å². The third kappa shape index (κ3) is 3.06. The Balaban J connectivity index is 3.01. The second-order valence-corrected chi connectivity index (χ2v) is 3.92. The molecule has 0 heterocycles. The summed E-state index contributed by atoms with van der Waals surface area (Å²) in [5, 5.41) is 0.738. The van der Waals surface area contributed by atoms with Gasteiger partial charge in [0, 0.05) is 16.8 Å². The number of rotatable bonds is 5. The molecule has 0 amide bonds. The molecule has 1 rings (SSSR count). The number of halogens is 1. The predicted octanol–water partition coefficient (Wildman–Crippen LogP) is 3.28. The number of carbonyl (C=O) groups excluding carboxylic acids is 1. The van der Waals surface area contributed by atoms with Crippen molar-refractivity contribution in [2.75, 3.05) is 6.61 Å². The summed E-state index contributed by atoms with van der Waals surface area (Å²) in [6, 6.07) is 5.88. The van der Waals surface area contributed by atoms with E-state index in [1.165, 1.54) is 0 Å². The van der Waals surface area contributed by atoms with Gasteiger partial charge in [0.25, 0.3) is 0 Å². The smallest absolute Gasteiger partial charge is 0.127 e. The van der Waals surface area contributed by atoms with Gasteiger partial charge in [0.05, 0.1) is 6.61 Å². The van der Waals surface area contributed by atoms with Gasteiger partial charge in [0.2, 0.25) is 0 Å². The molecule has 0 saturated carbocycles. The fourth-order valence-electron chi connectivity index (χ4n) is 1.36. The van der Waals surface area contributed by atoms with E-state index in [1.54, 1.807) is 0 Å². The second kappa shape index (κ2) is 5.91. The molecular formula is C12H15BrO2. The van der Waals surface area contributed by atoms with Gasteiger partial charge in [-0.3, -0.25) is 0 Å². The van der Waals surface area contributed by atoms with Gasteiger partial charge in [-0.05, 0) is 18.6 Å². The topological polar surface area (TPSA) is 26.3 Å². The lowest BCUT2D eigenvalue weighted by atomic mass is 10.0. The minimum atomic E-state index is -0.0570. The van der Waals surface area contributed by atoms with Crippen molar-refractivity contribution >= 4 is 22.2 Å². The maximum absolute atomic E-state index is 10.7. The quantitative estimate of drug-likeness (QED) is 0.606. The van der Waals surface area contributed by atoms with E-state index in [-0.39, 0.29) is 5.92 Å². The van der Waals surface area contributed by atoms with Crippen LogP contribution in [0.4, 0.5) is 0 Å². The Morgan fingerprint density at radius 3 is 2.80 bits per heavy atom. The van der Waals surface area contributed by atoms with Crippen molar-refractivity contribution in [3.63, 3.8) is 0 Å². The third-order valence-electron chi connectivity index (χ3n) is 2.26. The minimum absolute atomic E-state index is 0.0570. The molecule has 0 bridgehead atoms. The van der Waals surface area contributed by atoms with Crippen LogP contribution in [0.25, 0.3) is 0 Å². The highest BCUT2D eigenvalue weighted by molar-refractivity contribution is 9.08. The number of aldehydes is 1. The van der Waals surface area contributed by atoms with Crippen LogP contribution < -0.4 is 4.74 Å². The molecule has 0 aliphatic carbocycles. The number of hydrogen-bond acceptors (Lipinski definition) is 2. The molecule has 82 valence electrons. The fraction of sp³-hybridized carbons (Fsp3) is 0.417. The first-order chi connectivity index (χ1) is 7.22. The van der Waals surface area contributed by atoms with Crippen molar-refractivity contribution in [1.82, 2.24) is 0 Å². The first kappa shape index (κ1) is 12.2. The van der Waals surface area contributed by atoms with E-state index in [0.717, 1.165) is 28.5 Å². The van der Waals surface area contributed by atoms with E-state index in [1.807, 2.05) is 32.0 Å². The van der Waals surface area contributed by atoms with E-state index in [4.69, 9.17) is 4.74 Å². The van der Waals surface area contributed by atoms with Crippen molar-refractivity contribution < 1.29 is 9.53 Å². The number of alkyl halides is 1. The molecule has 1 unspecified atom stereocenters. The first-order valence-corrected chi connectivity index (χ1v) is 6.12. The molecule has 0 aliphatic rings. The first-order valence-electron chi connectivity index (χ1n) is 4.99. The van der Waals surface area contributed by atoms with Gasteiger partial charge in [-0.1, -0.05) is 35.0 Å². The van der Waals surface area contributed by atoms with Crippen LogP contribution in [0.1, 0.15) is 30.9 Å². The number of carbonyl (C=O) groups is 1. The Morgan fingerprint density at radius 1 is 1.53 bits per heavy atom. The van der Waals surface area contributed by atoms with Gasteiger partial charge in [0.15, 0.2) is 0 Å². The van der Waals surface area contributed by atoms with Crippen LogP contribution in [-0.2, 0) is 10.1 Å². The number of ether oxygens (including phenoxy) is 1.